The second-order valence-electron chi connectivity index (χ2n) is 5.31. The lowest BCUT2D eigenvalue weighted by Gasteiger charge is -2.06. The molecule has 2 aromatic carbocycles. The van der Waals surface area contributed by atoms with Gasteiger partial charge >= 0.3 is 0 Å². The molecule has 7 heteroatoms. The molecule has 0 saturated heterocycles. The largest absolute Gasteiger partial charge is 0.296 e. The Morgan fingerprint density at radius 1 is 0.875 bits per heavy atom. The summed E-state index contributed by atoms with van der Waals surface area (Å²) in [5.74, 6) is 0. The lowest BCUT2D eigenvalue weighted by Crippen LogP contribution is -2.10. The minimum Gasteiger partial charge on any atom is -0.287 e. The van der Waals surface area contributed by atoms with Gasteiger partial charge in [0.15, 0.2) is 11.1 Å². The average Bonchev–Trinajstić information content (AvgIpc) is 2.55. The Hall–Kier alpha value is -1.54. The van der Waals surface area contributed by atoms with Gasteiger partial charge in [-0.3, -0.25) is 8.37 Å². The Balaban J connectivity index is 1.75. The van der Waals surface area contributed by atoms with Gasteiger partial charge < -0.3 is 0 Å². The van der Waals surface area contributed by atoms with Crippen molar-refractivity contribution in [3.8, 4) is 0 Å². The van der Waals surface area contributed by atoms with Crippen LogP contribution in [0.3, 0.4) is 0 Å². The van der Waals surface area contributed by atoms with Crippen LogP contribution in [-0.2, 0) is 29.6 Å². The van der Waals surface area contributed by atoms with Gasteiger partial charge in [-0.2, -0.15) is 8.42 Å². The van der Waals surface area contributed by atoms with E-state index in [4.69, 9.17) is 8.37 Å². The molecule has 0 amide bonds. The Labute approximate surface area is 145 Å². The lowest BCUT2D eigenvalue weighted by molar-refractivity contribution is 0.263. The van der Waals surface area contributed by atoms with Crippen molar-refractivity contribution in [2.24, 2.45) is 0 Å². The molecule has 0 spiro atoms. The molecule has 24 heavy (non-hydrogen) atoms. The van der Waals surface area contributed by atoms with Gasteiger partial charge in [-0.25, -0.2) is 4.21 Å². The van der Waals surface area contributed by atoms with Gasteiger partial charge in [-0.1, -0.05) is 35.4 Å². The molecule has 1 unspecified atom stereocenters. The van der Waals surface area contributed by atoms with Crippen LogP contribution in [0.1, 0.15) is 17.5 Å². The summed E-state index contributed by atoms with van der Waals surface area (Å²) in [4.78, 5) is 0.700. The van der Waals surface area contributed by atoms with Crippen molar-refractivity contribution in [1.29, 1.82) is 0 Å². The van der Waals surface area contributed by atoms with Gasteiger partial charge in [-0.05, 0) is 44.5 Å². The maximum Gasteiger partial charge on any atom is 0.296 e. The van der Waals surface area contributed by atoms with Crippen LogP contribution >= 0.6 is 0 Å². The van der Waals surface area contributed by atoms with E-state index in [0.717, 1.165) is 11.1 Å². The molecule has 0 aromatic heterocycles. The number of aryl methyl sites for hydroxylation is 2. The van der Waals surface area contributed by atoms with Crippen molar-refractivity contribution in [2.75, 3.05) is 13.2 Å². The van der Waals surface area contributed by atoms with Gasteiger partial charge in [0, 0.05) is 0 Å². The maximum atomic E-state index is 12.0. The highest BCUT2D eigenvalue weighted by molar-refractivity contribution is 7.86. The zero-order chi connectivity index (χ0) is 17.6. The van der Waals surface area contributed by atoms with Crippen molar-refractivity contribution in [1.82, 2.24) is 0 Å². The van der Waals surface area contributed by atoms with E-state index in [9.17, 15) is 12.6 Å². The predicted molar refractivity (Wildman–Crippen MR) is 92.5 cm³/mol. The van der Waals surface area contributed by atoms with E-state index in [1.54, 1.807) is 24.3 Å². The van der Waals surface area contributed by atoms with Gasteiger partial charge in [0.25, 0.3) is 10.1 Å². The van der Waals surface area contributed by atoms with E-state index in [0.29, 0.717) is 11.3 Å². The molecule has 0 heterocycles. The molecule has 0 N–H and O–H groups in total. The predicted octanol–water partition coefficient (Wildman–Crippen LogP) is 3.14. The second kappa shape index (κ2) is 8.53. The minimum atomic E-state index is -3.77. The van der Waals surface area contributed by atoms with E-state index < -0.39 is 21.2 Å². The van der Waals surface area contributed by atoms with Crippen LogP contribution in [0.4, 0.5) is 0 Å². The van der Waals surface area contributed by atoms with E-state index in [1.165, 1.54) is 12.1 Å². The number of hydrogen-bond donors (Lipinski definition) is 0. The SMILES string of the molecule is Cc1ccc(S(=O)OCCCOS(=O)(=O)c2ccc(C)cc2)cc1. The van der Waals surface area contributed by atoms with Crippen LogP contribution < -0.4 is 0 Å². The summed E-state index contributed by atoms with van der Waals surface area (Å²) >= 11 is -1.56. The summed E-state index contributed by atoms with van der Waals surface area (Å²) < 4.78 is 46.0. The zero-order valence-electron chi connectivity index (χ0n) is 13.6. The molecule has 2 aromatic rings. The fourth-order valence-electron chi connectivity index (χ4n) is 1.85. The molecule has 5 nitrogen and oxygen atoms in total. The van der Waals surface area contributed by atoms with Crippen LogP contribution in [0, 0.1) is 13.8 Å². The summed E-state index contributed by atoms with van der Waals surface area (Å²) in [6.07, 6.45) is 0.322. The third kappa shape index (κ3) is 5.52. The van der Waals surface area contributed by atoms with Gasteiger partial charge in [0.2, 0.25) is 0 Å². The molecule has 0 bridgehead atoms. The van der Waals surface area contributed by atoms with E-state index >= 15 is 0 Å². The highest BCUT2D eigenvalue weighted by atomic mass is 32.2. The smallest absolute Gasteiger partial charge is 0.287 e. The molecule has 2 rings (SSSR count). The molecule has 130 valence electrons. The van der Waals surface area contributed by atoms with E-state index in [-0.39, 0.29) is 18.1 Å². The molecular formula is C17H20O5S2. The third-order valence-electron chi connectivity index (χ3n) is 3.24. The first-order valence-electron chi connectivity index (χ1n) is 7.46. The number of benzene rings is 2. The van der Waals surface area contributed by atoms with Crippen LogP contribution in [0.5, 0.6) is 0 Å². The first-order chi connectivity index (χ1) is 11.4. The second-order valence-corrected chi connectivity index (χ2v) is 8.10. The summed E-state index contributed by atoms with van der Waals surface area (Å²) in [5.41, 5.74) is 2.05. The van der Waals surface area contributed by atoms with Gasteiger partial charge in [0.05, 0.1) is 23.0 Å². The quantitative estimate of drug-likeness (QED) is 0.529. The van der Waals surface area contributed by atoms with Crippen LogP contribution in [0.25, 0.3) is 0 Å². The zero-order valence-corrected chi connectivity index (χ0v) is 15.2. The van der Waals surface area contributed by atoms with E-state index in [2.05, 4.69) is 0 Å². The van der Waals surface area contributed by atoms with Crippen molar-refractivity contribution >= 4 is 21.2 Å². The first kappa shape index (κ1) is 18.8. The minimum absolute atomic E-state index is 0.0265. The van der Waals surface area contributed by atoms with Crippen molar-refractivity contribution < 1.29 is 21.0 Å². The lowest BCUT2D eigenvalue weighted by atomic mass is 10.2. The van der Waals surface area contributed by atoms with Crippen LogP contribution in [-0.4, -0.2) is 25.8 Å². The molecule has 0 saturated carbocycles. The molecule has 1 atom stereocenters. The third-order valence-corrected chi connectivity index (χ3v) is 5.60. The van der Waals surface area contributed by atoms with E-state index in [1.807, 2.05) is 26.0 Å². The Kier molecular flexibility index (Phi) is 6.68. The highest BCUT2D eigenvalue weighted by Crippen LogP contribution is 2.14. The van der Waals surface area contributed by atoms with Crippen LogP contribution in [0.15, 0.2) is 58.3 Å². The summed E-state index contributed by atoms with van der Waals surface area (Å²) in [6, 6.07) is 13.6. The van der Waals surface area contributed by atoms with Crippen molar-refractivity contribution in [2.45, 2.75) is 30.1 Å². The maximum absolute atomic E-state index is 12.0. The van der Waals surface area contributed by atoms with Crippen molar-refractivity contribution in [3.63, 3.8) is 0 Å². The molecular weight excluding hydrogens is 348 g/mol. The first-order valence-corrected chi connectivity index (χ1v) is 9.94. The summed E-state index contributed by atoms with van der Waals surface area (Å²) in [7, 11) is -3.77. The monoisotopic (exact) mass is 368 g/mol. The molecule has 0 radical (unpaired) electrons. The number of hydrogen-bond acceptors (Lipinski definition) is 5. The Bertz CT molecular complexity index is 781. The standard InChI is InChI=1S/C17H20O5S2/c1-14-4-8-16(9-5-14)23(18)21-12-3-13-22-24(19,20)17-10-6-15(2)7-11-17/h4-11H,3,12-13H2,1-2H3. The average molecular weight is 368 g/mol. The van der Waals surface area contributed by atoms with Crippen molar-refractivity contribution in [3.05, 3.63) is 59.7 Å². The summed E-state index contributed by atoms with van der Waals surface area (Å²) in [6.45, 7) is 3.94. The fourth-order valence-corrected chi connectivity index (χ4v) is 3.56. The Morgan fingerprint density at radius 2 is 1.42 bits per heavy atom. The normalized spacial score (nSPS) is 12.9. The topological polar surface area (TPSA) is 69.7 Å². The molecule has 0 aliphatic heterocycles. The molecule has 0 aliphatic carbocycles. The van der Waals surface area contributed by atoms with Gasteiger partial charge in [0.1, 0.15) is 0 Å². The molecule has 0 aliphatic rings. The van der Waals surface area contributed by atoms with Gasteiger partial charge in [-0.15, -0.1) is 0 Å². The van der Waals surface area contributed by atoms with Crippen LogP contribution in [0.2, 0.25) is 0 Å². The highest BCUT2D eigenvalue weighted by Gasteiger charge is 2.14. The Morgan fingerprint density at radius 3 is 2.00 bits per heavy atom. The molecule has 0 fully saturated rings. The number of rotatable bonds is 8. The summed E-state index contributed by atoms with van der Waals surface area (Å²) in [5, 5.41) is 0. The fraction of sp³-hybridized carbons (Fsp3) is 0.294.